The van der Waals surface area contributed by atoms with Crippen molar-refractivity contribution in [3.05, 3.63) is 121 Å². The molecule has 75 heavy (non-hydrogen) atoms. The highest BCUT2D eigenvalue weighted by molar-refractivity contribution is 6.05. The predicted octanol–water partition coefficient (Wildman–Crippen LogP) is 14.3. The van der Waals surface area contributed by atoms with E-state index in [-0.39, 0.29) is 0 Å². The van der Waals surface area contributed by atoms with Gasteiger partial charge in [0.15, 0.2) is 22.6 Å². The minimum Gasteiger partial charge on any atom is -0.273 e. The number of amidine groups is 1. The van der Waals surface area contributed by atoms with Crippen LogP contribution in [0.5, 0.6) is 0 Å². The van der Waals surface area contributed by atoms with Crippen molar-refractivity contribution in [2.24, 2.45) is 34.1 Å². The zero-order chi connectivity index (χ0) is 57.1. The Bertz CT molecular complexity index is 2890. The molecule has 10 heterocycles. The molecule has 0 fully saturated rings. The fourth-order valence-corrected chi connectivity index (χ4v) is 6.85. The highest BCUT2D eigenvalue weighted by Gasteiger charge is 2.29. The first-order valence-electron chi connectivity index (χ1n) is 27.4. The van der Waals surface area contributed by atoms with Crippen LogP contribution in [0.1, 0.15) is 185 Å². The van der Waals surface area contributed by atoms with E-state index in [2.05, 4.69) is 163 Å². The van der Waals surface area contributed by atoms with Gasteiger partial charge in [-0.05, 0) is 71.2 Å². The van der Waals surface area contributed by atoms with Crippen LogP contribution in [-0.4, -0.2) is 87.7 Å². The monoisotopic (exact) mass is 1030 g/mol. The maximum atomic E-state index is 4.54. The summed E-state index contributed by atoms with van der Waals surface area (Å²) in [4.78, 5) is 17.7. The van der Waals surface area contributed by atoms with Gasteiger partial charge in [0.25, 0.3) is 0 Å². The van der Waals surface area contributed by atoms with E-state index >= 15 is 0 Å². The summed E-state index contributed by atoms with van der Waals surface area (Å²) in [6.45, 7) is 41.5. The zero-order valence-electron chi connectivity index (χ0n) is 50.8. The molecule has 0 atom stereocenters. The largest absolute Gasteiger partial charge is 0.399 e. The van der Waals surface area contributed by atoms with E-state index in [9.17, 15) is 0 Å². The summed E-state index contributed by atoms with van der Waals surface area (Å²) in [5.74, 6) is 3.49. The topological polar surface area (TPSA) is 143 Å². The standard InChI is InChI=1S/2C10H13N3.C10H14N3.2C10H13N3.5C2H6/c1-7(2)8-4-9-6-13(3)12-10(9)11-5-8;1-7(2)8-4-9-6-12-13(3)10(9)11-5-8;1-8(2)9-4-7-13-10(11-9)5-6-12(13)3;1-7(2)9-5-4-8-6-13(3)12-10(8)11-9;1-7(2)9-5-4-8-6-11-13(3)10(8)12-9;5*1-2/h2*4-7H,1-3H3;4-8H,1-3H3;2*4-7H,1-3H3;5*1-2H3/q;;+1;;;;;;;. The summed E-state index contributed by atoms with van der Waals surface area (Å²) < 4.78 is 11.7. The molecule has 0 saturated heterocycles. The molecule has 0 bridgehead atoms. The Morgan fingerprint density at radius 3 is 1.47 bits per heavy atom. The van der Waals surface area contributed by atoms with Crippen LogP contribution in [0.15, 0.2) is 98.1 Å². The fourth-order valence-electron chi connectivity index (χ4n) is 6.85. The summed E-state index contributed by atoms with van der Waals surface area (Å²) in [7, 11) is 9.65. The molecule has 0 unspecified atom stereocenters. The third-order valence-electron chi connectivity index (χ3n) is 10.9. The van der Waals surface area contributed by atoms with E-state index < -0.39 is 0 Å². The third kappa shape index (κ3) is 19.3. The van der Waals surface area contributed by atoms with Crippen LogP contribution in [0.3, 0.4) is 0 Å². The molecule has 0 saturated carbocycles. The van der Waals surface area contributed by atoms with E-state index in [1.807, 2.05) is 164 Å². The summed E-state index contributed by atoms with van der Waals surface area (Å²) >= 11 is 0. The van der Waals surface area contributed by atoms with E-state index in [0.717, 1.165) is 67.1 Å². The molecule has 8 aromatic rings. The van der Waals surface area contributed by atoms with Gasteiger partial charge >= 0.3 is 5.84 Å². The molecule has 0 aliphatic carbocycles. The number of hydrazine groups is 1. The molecular weight excluding hydrogens is 931 g/mol. The fraction of sp³-hybridized carbons (Fsp3) is 0.500. The Hall–Kier alpha value is -6.99. The molecule has 0 amide bonds. The number of hydrogen-bond acceptors (Lipinski definition) is 10. The number of hydrogen-bond donors (Lipinski definition) is 0. The van der Waals surface area contributed by atoms with Crippen LogP contribution >= 0.6 is 0 Å². The molecule has 410 valence electrons. The Balaban J connectivity index is 0.000000449. The molecule has 0 N–H and O–H groups in total. The SMILES string of the molecule is CC.CC.CC.CC.CC.CC(C)C1=[N+]=C2C=CN(C)N2C=C1.CC(C)c1ccc2cn(C)nc2n1.CC(C)c1ccc2cnn(C)c2n1.CC(C)c1cnc2c(cnn2C)c1.CC(C)c1cnc2nn(C)cc2c1. The number of aromatic nitrogens is 12. The normalized spacial score (nSPS) is 11.7. The summed E-state index contributed by atoms with van der Waals surface area (Å²) in [6.07, 6.45) is 19.6. The van der Waals surface area contributed by atoms with Gasteiger partial charge in [-0.15, -0.1) is 5.01 Å². The van der Waals surface area contributed by atoms with Gasteiger partial charge in [0.2, 0.25) is 5.71 Å². The first-order chi connectivity index (χ1) is 35.9. The van der Waals surface area contributed by atoms with Gasteiger partial charge in [-0.2, -0.15) is 20.4 Å². The highest BCUT2D eigenvalue weighted by atomic mass is 15.6. The molecule has 8 aromatic heterocycles. The van der Waals surface area contributed by atoms with Crippen molar-refractivity contribution in [1.29, 1.82) is 0 Å². The first kappa shape index (κ1) is 66.0. The number of rotatable bonds is 5. The number of aryl methyl sites for hydroxylation is 4. The molecule has 2 aliphatic rings. The van der Waals surface area contributed by atoms with Crippen molar-refractivity contribution in [3.8, 4) is 0 Å². The van der Waals surface area contributed by atoms with E-state index in [0.29, 0.717) is 29.6 Å². The van der Waals surface area contributed by atoms with E-state index in [1.165, 1.54) is 11.1 Å². The van der Waals surface area contributed by atoms with Crippen LogP contribution in [-0.2, 0) is 28.2 Å². The number of allylic oxidation sites excluding steroid dienone is 1. The summed E-state index contributed by atoms with van der Waals surface area (Å²) in [5, 5.41) is 25.3. The molecule has 0 spiro atoms. The lowest BCUT2D eigenvalue weighted by Crippen LogP contribution is -2.35. The second-order valence-corrected chi connectivity index (χ2v) is 18.0. The first-order valence-corrected chi connectivity index (χ1v) is 27.4. The van der Waals surface area contributed by atoms with Crippen molar-refractivity contribution < 1.29 is 0 Å². The van der Waals surface area contributed by atoms with Crippen LogP contribution in [0.4, 0.5) is 0 Å². The average Bonchev–Trinajstić information content (AvgIpc) is 4.27. The van der Waals surface area contributed by atoms with Crippen molar-refractivity contribution in [2.75, 3.05) is 7.05 Å². The second kappa shape index (κ2) is 33.8. The number of fused-ring (bicyclic) bond motifs is 5. The predicted molar refractivity (Wildman–Crippen MR) is 322 cm³/mol. The Labute approximate surface area is 451 Å². The number of nitrogens with zero attached hydrogens (tertiary/aromatic N) is 15. The third-order valence-corrected chi connectivity index (χ3v) is 10.9. The zero-order valence-corrected chi connectivity index (χ0v) is 50.8. The Kier molecular flexibility index (Phi) is 29.7. The van der Waals surface area contributed by atoms with Crippen molar-refractivity contribution >= 4 is 55.7 Å². The van der Waals surface area contributed by atoms with Crippen LogP contribution in [0.2, 0.25) is 0 Å². The minimum atomic E-state index is 0.464. The smallest absolute Gasteiger partial charge is 0.273 e. The van der Waals surface area contributed by atoms with E-state index in [4.69, 9.17) is 0 Å². The minimum absolute atomic E-state index is 0.464. The van der Waals surface area contributed by atoms with Gasteiger partial charge in [0.1, 0.15) is 6.20 Å². The lowest BCUT2D eigenvalue weighted by atomic mass is 10.1. The quantitative estimate of drug-likeness (QED) is 0.153. The second-order valence-electron chi connectivity index (χ2n) is 18.0. The van der Waals surface area contributed by atoms with Crippen molar-refractivity contribution in [3.63, 3.8) is 0 Å². The van der Waals surface area contributed by atoms with Gasteiger partial charge in [-0.3, -0.25) is 18.7 Å². The van der Waals surface area contributed by atoms with Crippen molar-refractivity contribution in [1.82, 2.24) is 73.7 Å². The van der Waals surface area contributed by atoms with Gasteiger partial charge < -0.3 is 0 Å². The van der Waals surface area contributed by atoms with E-state index in [1.54, 1.807) is 18.7 Å². The van der Waals surface area contributed by atoms with Crippen LogP contribution in [0, 0.1) is 5.92 Å². The summed E-state index contributed by atoms with van der Waals surface area (Å²) in [6, 6.07) is 12.6. The molecule has 0 radical (unpaired) electrons. The maximum absolute atomic E-state index is 4.54. The summed E-state index contributed by atoms with van der Waals surface area (Å²) in [5.41, 5.74) is 9.48. The molecule has 15 nitrogen and oxygen atoms in total. The lowest BCUT2D eigenvalue weighted by Gasteiger charge is -2.14. The van der Waals surface area contributed by atoms with Gasteiger partial charge in [0, 0.05) is 105 Å². The van der Waals surface area contributed by atoms with Gasteiger partial charge in [0.05, 0.1) is 24.7 Å². The van der Waals surface area contributed by atoms with Gasteiger partial charge in [-0.25, -0.2) is 29.6 Å². The molecule has 15 heteroatoms. The maximum Gasteiger partial charge on any atom is 0.399 e. The highest BCUT2D eigenvalue weighted by Crippen LogP contribution is 2.21. The van der Waals surface area contributed by atoms with Gasteiger partial charge in [-0.1, -0.05) is 138 Å². The molecule has 2 aliphatic heterocycles. The van der Waals surface area contributed by atoms with Crippen molar-refractivity contribution in [2.45, 2.75) is 162 Å². The lowest BCUT2D eigenvalue weighted by molar-refractivity contribution is 0.217. The Morgan fingerprint density at radius 1 is 0.440 bits per heavy atom. The Morgan fingerprint density at radius 2 is 0.920 bits per heavy atom. The van der Waals surface area contributed by atoms with Crippen LogP contribution in [0.25, 0.3) is 44.1 Å². The number of pyridine rings is 4. The average molecular weight is 1030 g/mol. The van der Waals surface area contributed by atoms with Crippen LogP contribution < -0.4 is 4.67 Å². The molecule has 10 rings (SSSR count). The molecule has 0 aromatic carbocycles. The molecular formula is C60H96N15+.